The van der Waals surface area contributed by atoms with Crippen LogP contribution >= 0.6 is 0 Å². The van der Waals surface area contributed by atoms with E-state index in [1.165, 1.54) is 30.3 Å². The molecular weight excluding hydrogens is 504 g/mol. The third kappa shape index (κ3) is 8.35. The Labute approximate surface area is 224 Å². The van der Waals surface area contributed by atoms with Crippen LogP contribution in [0.5, 0.6) is 11.5 Å². The number of nitro benzene ring substituents is 1. The van der Waals surface area contributed by atoms with Gasteiger partial charge < -0.3 is 14.8 Å². The highest BCUT2D eigenvalue weighted by atomic mass is 16.6. The first kappa shape index (κ1) is 28.3. The van der Waals surface area contributed by atoms with Crippen molar-refractivity contribution in [1.29, 1.82) is 0 Å². The number of hydrogen-bond acceptors (Lipinski definition) is 8. The Morgan fingerprint density at radius 1 is 1.00 bits per heavy atom. The highest BCUT2D eigenvalue weighted by molar-refractivity contribution is 5.97. The lowest BCUT2D eigenvalue weighted by Gasteiger charge is -2.08. The molecule has 11 nitrogen and oxygen atoms in total. The Hall–Kier alpha value is -5.32. The quantitative estimate of drug-likeness (QED) is 0.0973. The van der Waals surface area contributed by atoms with E-state index in [2.05, 4.69) is 15.8 Å². The van der Waals surface area contributed by atoms with Crippen molar-refractivity contribution in [3.63, 3.8) is 0 Å². The van der Waals surface area contributed by atoms with E-state index >= 15 is 0 Å². The smallest absolute Gasteiger partial charge is 0.336 e. The molecule has 0 unspecified atom stereocenters. The highest BCUT2D eigenvalue weighted by Crippen LogP contribution is 2.23. The number of rotatable bonds is 10. The van der Waals surface area contributed by atoms with Gasteiger partial charge in [0.25, 0.3) is 11.6 Å². The Bertz CT molecular complexity index is 1410. The molecule has 0 fully saturated rings. The van der Waals surface area contributed by atoms with Gasteiger partial charge in [0.15, 0.2) is 0 Å². The van der Waals surface area contributed by atoms with Crippen molar-refractivity contribution in [3.8, 4) is 11.5 Å². The SMILES string of the molecule is COc1ccc(/C=C/C(=O)Oc2ccc([N+](=O)[O-])cc2/C=N/NC(=O)c2ccc(NC(=O)C(C)C)cc2)cc1. The summed E-state index contributed by atoms with van der Waals surface area (Å²) in [7, 11) is 1.55. The van der Waals surface area contributed by atoms with Gasteiger partial charge in [0, 0.05) is 40.9 Å². The number of nitrogens with zero attached hydrogens (tertiary/aromatic N) is 2. The van der Waals surface area contributed by atoms with E-state index in [0.29, 0.717) is 11.4 Å². The van der Waals surface area contributed by atoms with Crippen LogP contribution in [0, 0.1) is 16.0 Å². The zero-order chi connectivity index (χ0) is 28.4. The van der Waals surface area contributed by atoms with Gasteiger partial charge in [-0.25, -0.2) is 10.2 Å². The molecule has 0 saturated heterocycles. The van der Waals surface area contributed by atoms with Crippen molar-refractivity contribution in [1.82, 2.24) is 5.43 Å². The fourth-order valence-corrected chi connectivity index (χ4v) is 3.08. The normalized spacial score (nSPS) is 11.0. The second-order valence-electron chi connectivity index (χ2n) is 8.43. The van der Waals surface area contributed by atoms with Crippen LogP contribution in [0.3, 0.4) is 0 Å². The molecule has 0 radical (unpaired) electrons. The Morgan fingerprint density at radius 2 is 1.69 bits per heavy atom. The average molecular weight is 531 g/mol. The molecule has 0 aromatic heterocycles. The molecular formula is C28H26N4O7. The monoisotopic (exact) mass is 530 g/mol. The summed E-state index contributed by atoms with van der Waals surface area (Å²) in [6.45, 7) is 3.53. The van der Waals surface area contributed by atoms with Gasteiger partial charge in [0.2, 0.25) is 5.91 Å². The molecule has 2 N–H and O–H groups in total. The minimum atomic E-state index is -0.719. The fraction of sp³-hybridized carbons (Fsp3) is 0.143. The minimum Gasteiger partial charge on any atom is -0.497 e. The molecule has 3 aromatic carbocycles. The molecule has 11 heteroatoms. The molecule has 0 aliphatic rings. The summed E-state index contributed by atoms with van der Waals surface area (Å²) in [6.07, 6.45) is 3.89. The van der Waals surface area contributed by atoms with Crippen molar-refractivity contribution in [3.05, 3.63) is 99.6 Å². The van der Waals surface area contributed by atoms with E-state index in [1.807, 2.05) is 0 Å². The summed E-state index contributed by atoms with van der Waals surface area (Å²) in [5.74, 6) is -0.939. The van der Waals surface area contributed by atoms with Crippen molar-refractivity contribution in [2.45, 2.75) is 13.8 Å². The van der Waals surface area contributed by atoms with Gasteiger partial charge in [-0.3, -0.25) is 19.7 Å². The number of esters is 1. The van der Waals surface area contributed by atoms with Crippen LogP contribution in [0.4, 0.5) is 11.4 Å². The molecule has 2 amide bonds. The predicted octanol–water partition coefficient (Wildman–Crippen LogP) is 4.58. The number of hydrazone groups is 1. The Kier molecular flexibility index (Phi) is 9.63. The number of carbonyl (C=O) groups excluding carboxylic acids is 3. The lowest BCUT2D eigenvalue weighted by molar-refractivity contribution is -0.384. The minimum absolute atomic E-state index is 0.00762. The number of methoxy groups -OCH3 is 1. The van der Waals surface area contributed by atoms with Crippen LogP contribution in [0.2, 0.25) is 0 Å². The molecule has 0 spiro atoms. The number of benzene rings is 3. The molecule has 3 rings (SSSR count). The Balaban J connectivity index is 1.69. The number of nitrogens with one attached hydrogen (secondary N) is 2. The lowest BCUT2D eigenvalue weighted by atomic mass is 10.1. The number of non-ortho nitro benzene ring substituents is 1. The predicted molar refractivity (Wildman–Crippen MR) is 146 cm³/mol. The first-order valence-electron chi connectivity index (χ1n) is 11.7. The maximum atomic E-state index is 12.5. The number of ether oxygens (including phenoxy) is 2. The van der Waals surface area contributed by atoms with Crippen LogP contribution in [-0.4, -0.2) is 36.0 Å². The van der Waals surface area contributed by atoms with Gasteiger partial charge >= 0.3 is 5.97 Å². The molecule has 0 aliphatic heterocycles. The van der Waals surface area contributed by atoms with Crippen LogP contribution in [-0.2, 0) is 9.59 Å². The Morgan fingerprint density at radius 3 is 2.31 bits per heavy atom. The molecule has 39 heavy (non-hydrogen) atoms. The van der Waals surface area contributed by atoms with Crippen LogP contribution in [0.25, 0.3) is 6.08 Å². The summed E-state index contributed by atoms with van der Waals surface area (Å²) in [5, 5.41) is 17.8. The zero-order valence-electron chi connectivity index (χ0n) is 21.4. The van der Waals surface area contributed by atoms with Crippen molar-refractivity contribution in [2.24, 2.45) is 11.0 Å². The first-order valence-corrected chi connectivity index (χ1v) is 11.7. The van der Waals surface area contributed by atoms with Gasteiger partial charge in [0.1, 0.15) is 11.5 Å². The van der Waals surface area contributed by atoms with E-state index in [0.717, 1.165) is 17.8 Å². The van der Waals surface area contributed by atoms with Crippen molar-refractivity contribution < 1.29 is 28.8 Å². The second kappa shape index (κ2) is 13.3. The van der Waals surface area contributed by atoms with E-state index in [4.69, 9.17) is 9.47 Å². The maximum absolute atomic E-state index is 12.5. The fourth-order valence-electron chi connectivity index (χ4n) is 3.08. The molecule has 200 valence electrons. The van der Waals surface area contributed by atoms with Crippen LogP contribution in [0.15, 0.2) is 77.9 Å². The summed E-state index contributed by atoms with van der Waals surface area (Å²) < 4.78 is 10.4. The number of hydrogen-bond donors (Lipinski definition) is 2. The van der Waals surface area contributed by atoms with Crippen LogP contribution < -0.4 is 20.2 Å². The largest absolute Gasteiger partial charge is 0.497 e. The standard InChI is InChI=1S/C28H26N4O7/c1-18(2)27(34)30-22-9-7-20(8-10-22)28(35)31-29-17-21-16-23(32(36)37)11-14-25(21)39-26(33)15-6-19-4-12-24(38-3)13-5-19/h4-18H,1-3H3,(H,30,34)(H,31,35)/b15-6+,29-17+. The van der Waals surface area contributed by atoms with E-state index in [1.54, 1.807) is 63.4 Å². The highest BCUT2D eigenvalue weighted by Gasteiger charge is 2.13. The third-order valence-corrected chi connectivity index (χ3v) is 5.25. The average Bonchev–Trinajstić information content (AvgIpc) is 2.93. The summed E-state index contributed by atoms with van der Waals surface area (Å²) in [4.78, 5) is 47.2. The van der Waals surface area contributed by atoms with E-state index in [-0.39, 0.29) is 34.4 Å². The summed E-state index contributed by atoms with van der Waals surface area (Å²) in [6, 6.07) is 16.8. The topological polar surface area (TPSA) is 149 Å². The maximum Gasteiger partial charge on any atom is 0.336 e. The number of nitro groups is 1. The molecule has 0 saturated carbocycles. The van der Waals surface area contributed by atoms with Gasteiger partial charge in [0.05, 0.1) is 18.2 Å². The first-order chi connectivity index (χ1) is 18.7. The van der Waals surface area contributed by atoms with Crippen molar-refractivity contribution in [2.75, 3.05) is 12.4 Å². The summed E-state index contributed by atoms with van der Waals surface area (Å²) in [5.41, 5.74) is 3.70. The van der Waals surface area contributed by atoms with E-state index in [9.17, 15) is 24.5 Å². The molecule has 3 aromatic rings. The number of carbonyl (C=O) groups is 3. The van der Waals surface area contributed by atoms with Gasteiger partial charge in [-0.05, 0) is 54.1 Å². The van der Waals surface area contributed by atoms with Crippen molar-refractivity contribution >= 4 is 41.4 Å². The molecule has 0 heterocycles. The summed E-state index contributed by atoms with van der Waals surface area (Å²) >= 11 is 0. The second-order valence-corrected chi connectivity index (χ2v) is 8.43. The van der Waals surface area contributed by atoms with Gasteiger partial charge in [-0.2, -0.15) is 5.10 Å². The van der Waals surface area contributed by atoms with E-state index < -0.39 is 16.8 Å². The lowest BCUT2D eigenvalue weighted by Crippen LogP contribution is -2.19. The zero-order valence-corrected chi connectivity index (χ0v) is 21.4. The van der Waals surface area contributed by atoms with Crippen LogP contribution in [0.1, 0.15) is 35.3 Å². The number of amides is 2. The number of anilines is 1. The third-order valence-electron chi connectivity index (χ3n) is 5.25. The van der Waals surface area contributed by atoms with Gasteiger partial charge in [-0.1, -0.05) is 26.0 Å². The molecule has 0 bridgehead atoms. The molecule has 0 atom stereocenters. The van der Waals surface area contributed by atoms with Gasteiger partial charge in [-0.15, -0.1) is 0 Å². The molecule has 0 aliphatic carbocycles.